The molecule has 1 atom stereocenters. The minimum atomic E-state index is 0.183. The zero-order valence-electron chi connectivity index (χ0n) is 15.6. The number of rotatable bonds is 4. The Bertz CT molecular complexity index is 797. The van der Waals surface area contributed by atoms with Crippen molar-refractivity contribution in [2.45, 2.75) is 33.1 Å². The lowest BCUT2D eigenvalue weighted by Crippen LogP contribution is -2.49. The Morgan fingerprint density at radius 3 is 2.88 bits per heavy atom. The first kappa shape index (κ1) is 17.7. The smallest absolute Gasteiger partial charge is 0.219 e. The molecule has 7 heteroatoms. The number of amides is 1. The SMILES string of the molecule is CC(=O)N1CCN(CCNc2ncnc3sc4c(c23)CCC(C)C4)CC1. The van der Waals surface area contributed by atoms with E-state index in [4.69, 9.17) is 0 Å². The van der Waals surface area contributed by atoms with Crippen LogP contribution in [-0.2, 0) is 17.6 Å². The van der Waals surface area contributed by atoms with Crippen molar-refractivity contribution in [3.63, 3.8) is 0 Å². The Hall–Kier alpha value is -1.73. The van der Waals surface area contributed by atoms with Crippen molar-refractivity contribution in [1.29, 1.82) is 0 Å². The molecule has 1 unspecified atom stereocenters. The van der Waals surface area contributed by atoms with Crippen molar-refractivity contribution in [3.8, 4) is 0 Å². The second kappa shape index (κ2) is 7.48. The van der Waals surface area contributed by atoms with Gasteiger partial charge in [0.05, 0.1) is 5.39 Å². The van der Waals surface area contributed by atoms with Crippen LogP contribution < -0.4 is 5.32 Å². The van der Waals surface area contributed by atoms with Crippen LogP contribution in [0.3, 0.4) is 0 Å². The maximum absolute atomic E-state index is 11.4. The van der Waals surface area contributed by atoms with Gasteiger partial charge >= 0.3 is 0 Å². The number of fused-ring (bicyclic) bond motifs is 3. The molecule has 1 aliphatic carbocycles. The van der Waals surface area contributed by atoms with Crippen LogP contribution in [0.25, 0.3) is 10.2 Å². The molecule has 140 valence electrons. The molecule has 1 amide bonds. The van der Waals surface area contributed by atoms with Crippen molar-refractivity contribution in [2.24, 2.45) is 5.92 Å². The van der Waals surface area contributed by atoms with Crippen LogP contribution in [0.1, 0.15) is 30.7 Å². The lowest BCUT2D eigenvalue weighted by Gasteiger charge is -2.34. The summed E-state index contributed by atoms with van der Waals surface area (Å²) in [4.78, 5) is 27.4. The molecular weight excluding hydrogens is 346 g/mol. The summed E-state index contributed by atoms with van der Waals surface area (Å²) in [6.07, 6.45) is 5.26. The first-order valence-corrected chi connectivity index (χ1v) is 10.4. The van der Waals surface area contributed by atoms with E-state index >= 15 is 0 Å². The Morgan fingerprint density at radius 2 is 2.12 bits per heavy atom. The quantitative estimate of drug-likeness (QED) is 0.892. The Kier molecular flexibility index (Phi) is 5.09. The molecule has 2 aromatic rings. The second-order valence-corrected chi connectivity index (χ2v) is 8.61. The maximum atomic E-state index is 11.4. The third-order valence-electron chi connectivity index (χ3n) is 5.63. The van der Waals surface area contributed by atoms with Crippen molar-refractivity contribution >= 4 is 33.3 Å². The van der Waals surface area contributed by atoms with Gasteiger partial charge in [-0.05, 0) is 30.7 Å². The summed E-state index contributed by atoms with van der Waals surface area (Å²) in [6.45, 7) is 9.41. The van der Waals surface area contributed by atoms with Crippen LogP contribution in [0.15, 0.2) is 6.33 Å². The van der Waals surface area contributed by atoms with Gasteiger partial charge in [-0.2, -0.15) is 0 Å². The zero-order chi connectivity index (χ0) is 18.1. The maximum Gasteiger partial charge on any atom is 0.219 e. The van der Waals surface area contributed by atoms with Gasteiger partial charge in [-0.15, -0.1) is 11.3 Å². The molecule has 0 bridgehead atoms. The lowest BCUT2D eigenvalue weighted by molar-refractivity contribution is -0.130. The first-order valence-electron chi connectivity index (χ1n) is 9.59. The topological polar surface area (TPSA) is 61.4 Å². The molecular formula is C19H27N5OS. The number of piperazine rings is 1. The standard InChI is InChI=1S/C19H27N5OS/c1-13-3-4-15-16(11-13)26-19-17(15)18(21-12-22-19)20-5-6-23-7-9-24(10-8-23)14(2)25/h12-13H,3-11H2,1-2H3,(H,20,21,22). The van der Waals surface area contributed by atoms with Crippen LogP contribution in [0.2, 0.25) is 0 Å². The normalized spacial score (nSPS) is 21.0. The highest BCUT2D eigenvalue weighted by Crippen LogP contribution is 2.39. The Labute approximate surface area is 158 Å². The number of carbonyl (C=O) groups excluding carboxylic acids is 1. The van der Waals surface area contributed by atoms with Crippen LogP contribution >= 0.6 is 11.3 Å². The molecule has 6 nitrogen and oxygen atoms in total. The van der Waals surface area contributed by atoms with Gasteiger partial charge in [0, 0.05) is 51.1 Å². The van der Waals surface area contributed by atoms with E-state index in [-0.39, 0.29) is 5.91 Å². The molecule has 1 N–H and O–H groups in total. The molecule has 0 saturated carbocycles. The molecule has 2 aromatic heterocycles. The van der Waals surface area contributed by atoms with E-state index in [1.807, 2.05) is 16.2 Å². The van der Waals surface area contributed by atoms with Crippen molar-refractivity contribution in [1.82, 2.24) is 19.8 Å². The second-order valence-electron chi connectivity index (χ2n) is 7.53. The monoisotopic (exact) mass is 373 g/mol. The summed E-state index contributed by atoms with van der Waals surface area (Å²) in [5.41, 5.74) is 1.47. The summed E-state index contributed by atoms with van der Waals surface area (Å²) in [6, 6.07) is 0. The fourth-order valence-electron chi connectivity index (χ4n) is 4.03. The summed E-state index contributed by atoms with van der Waals surface area (Å²) in [5.74, 6) is 1.95. The summed E-state index contributed by atoms with van der Waals surface area (Å²) in [7, 11) is 0. The largest absolute Gasteiger partial charge is 0.368 e. The van der Waals surface area contributed by atoms with E-state index in [2.05, 4.69) is 27.1 Å². The summed E-state index contributed by atoms with van der Waals surface area (Å²) in [5, 5.41) is 4.80. The molecule has 1 fully saturated rings. The number of anilines is 1. The van der Waals surface area contributed by atoms with Gasteiger partial charge in [0.2, 0.25) is 5.91 Å². The highest BCUT2D eigenvalue weighted by atomic mass is 32.1. The van der Waals surface area contributed by atoms with E-state index in [1.54, 1.807) is 13.3 Å². The molecule has 0 spiro atoms. The highest BCUT2D eigenvalue weighted by molar-refractivity contribution is 7.19. The van der Waals surface area contributed by atoms with Crippen LogP contribution in [0.4, 0.5) is 5.82 Å². The minimum Gasteiger partial charge on any atom is -0.368 e. The zero-order valence-corrected chi connectivity index (χ0v) is 16.4. The van der Waals surface area contributed by atoms with Crippen molar-refractivity contribution in [3.05, 3.63) is 16.8 Å². The number of hydrogen-bond acceptors (Lipinski definition) is 6. The Balaban J connectivity index is 1.40. The third kappa shape index (κ3) is 3.55. The highest BCUT2D eigenvalue weighted by Gasteiger charge is 2.23. The van der Waals surface area contributed by atoms with Gasteiger partial charge in [-0.25, -0.2) is 9.97 Å². The number of thiophene rings is 1. The van der Waals surface area contributed by atoms with Crippen LogP contribution in [-0.4, -0.2) is 64.9 Å². The van der Waals surface area contributed by atoms with E-state index in [0.717, 1.165) is 62.3 Å². The van der Waals surface area contributed by atoms with Crippen LogP contribution in [0.5, 0.6) is 0 Å². The van der Waals surface area contributed by atoms with E-state index in [1.165, 1.54) is 28.7 Å². The van der Waals surface area contributed by atoms with Crippen LogP contribution in [0, 0.1) is 5.92 Å². The average Bonchev–Trinajstić information content (AvgIpc) is 3.00. The average molecular weight is 374 g/mol. The number of aryl methyl sites for hydroxylation is 1. The lowest BCUT2D eigenvalue weighted by atomic mass is 9.89. The summed E-state index contributed by atoms with van der Waals surface area (Å²) < 4.78 is 0. The Morgan fingerprint density at radius 1 is 1.31 bits per heavy atom. The van der Waals surface area contributed by atoms with E-state index < -0.39 is 0 Å². The van der Waals surface area contributed by atoms with Gasteiger partial charge in [-0.1, -0.05) is 6.92 Å². The molecule has 0 radical (unpaired) electrons. The molecule has 1 saturated heterocycles. The van der Waals surface area contributed by atoms with Gasteiger partial charge in [0.25, 0.3) is 0 Å². The fourth-order valence-corrected chi connectivity index (χ4v) is 5.38. The van der Waals surface area contributed by atoms with Crippen molar-refractivity contribution in [2.75, 3.05) is 44.6 Å². The van der Waals surface area contributed by atoms with Gasteiger partial charge in [0.15, 0.2) is 0 Å². The molecule has 26 heavy (non-hydrogen) atoms. The predicted molar refractivity (Wildman–Crippen MR) is 106 cm³/mol. The van der Waals surface area contributed by atoms with E-state index in [9.17, 15) is 4.79 Å². The molecule has 2 aliphatic rings. The third-order valence-corrected chi connectivity index (χ3v) is 6.79. The molecule has 4 rings (SSSR count). The number of aromatic nitrogens is 2. The number of nitrogens with zero attached hydrogens (tertiary/aromatic N) is 4. The predicted octanol–water partition coefficient (Wildman–Crippen LogP) is 2.39. The fraction of sp³-hybridized carbons (Fsp3) is 0.632. The molecule has 1 aliphatic heterocycles. The first-order chi connectivity index (χ1) is 12.6. The van der Waals surface area contributed by atoms with Gasteiger partial charge in [0.1, 0.15) is 17.0 Å². The summed E-state index contributed by atoms with van der Waals surface area (Å²) >= 11 is 1.84. The molecule has 0 aromatic carbocycles. The molecule has 3 heterocycles. The number of hydrogen-bond donors (Lipinski definition) is 1. The minimum absolute atomic E-state index is 0.183. The number of nitrogens with one attached hydrogen (secondary N) is 1. The van der Waals surface area contributed by atoms with Crippen molar-refractivity contribution < 1.29 is 4.79 Å². The van der Waals surface area contributed by atoms with Gasteiger partial charge < -0.3 is 10.2 Å². The van der Waals surface area contributed by atoms with E-state index in [0.29, 0.717) is 0 Å². The number of carbonyl (C=O) groups is 1. The van der Waals surface area contributed by atoms with Gasteiger partial charge in [-0.3, -0.25) is 9.69 Å².